The van der Waals surface area contributed by atoms with E-state index in [4.69, 9.17) is 0 Å². The Morgan fingerprint density at radius 3 is 1.54 bits per heavy atom. The lowest BCUT2D eigenvalue weighted by Gasteiger charge is -1.94. The number of thioether (sulfide) groups is 1. The summed E-state index contributed by atoms with van der Waals surface area (Å²) < 4.78 is 45.8. The summed E-state index contributed by atoms with van der Waals surface area (Å²) in [5.74, 6) is 1.08. The Bertz CT molecular complexity index is 161. The maximum absolute atomic E-state index is 11.5. The molecule has 13 heavy (non-hydrogen) atoms. The number of hydrogen-bond acceptors (Lipinski definition) is 1. The third kappa shape index (κ3) is 11.5. The van der Waals surface area contributed by atoms with E-state index >= 15 is 0 Å². The summed E-state index contributed by atoms with van der Waals surface area (Å²) in [5, 5.41) is 0. The van der Waals surface area contributed by atoms with Gasteiger partial charge in [-0.25, -0.2) is 0 Å². The van der Waals surface area contributed by atoms with E-state index in [0.717, 1.165) is 12.2 Å². The summed E-state index contributed by atoms with van der Waals surface area (Å²) >= 11 is 1.38. The van der Waals surface area contributed by atoms with Gasteiger partial charge in [0.25, 0.3) is 12.2 Å². The highest BCUT2D eigenvalue weighted by Crippen LogP contribution is 2.09. The predicted molar refractivity (Wildman–Crippen MR) is 47.2 cm³/mol. The summed E-state index contributed by atoms with van der Waals surface area (Å²) in [4.78, 5) is 0. The fraction of sp³-hybridized carbons (Fsp3) is 0.500. The van der Waals surface area contributed by atoms with Crippen LogP contribution in [0.25, 0.3) is 0 Å². The van der Waals surface area contributed by atoms with E-state index in [1.165, 1.54) is 11.8 Å². The van der Waals surface area contributed by atoms with E-state index in [1.807, 2.05) is 0 Å². The van der Waals surface area contributed by atoms with Gasteiger partial charge in [-0.1, -0.05) is 0 Å². The topological polar surface area (TPSA) is 0 Å². The molecule has 0 saturated carbocycles. The van der Waals surface area contributed by atoms with E-state index in [0.29, 0.717) is 11.5 Å². The Labute approximate surface area is 78.7 Å². The van der Waals surface area contributed by atoms with Crippen molar-refractivity contribution >= 4 is 11.8 Å². The molecule has 0 nitrogen and oxygen atoms in total. The van der Waals surface area contributed by atoms with Gasteiger partial charge in [0, 0.05) is 0 Å². The van der Waals surface area contributed by atoms with Crippen LogP contribution in [0.5, 0.6) is 0 Å². The van der Waals surface area contributed by atoms with Crippen LogP contribution < -0.4 is 0 Å². The average molecular weight is 214 g/mol. The Morgan fingerprint density at radius 1 is 0.846 bits per heavy atom. The fourth-order valence-electron chi connectivity index (χ4n) is 0.605. The summed E-state index contributed by atoms with van der Waals surface area (Å²) in [5.41, 5.74) is 0. The maximum atomic E-state index is 11.5. The summed E-state index contributed by atoms with van der Waals surface area (Å²) in [6.07, 6.45) is -1.13. The molecule has 0 aromatic heterocycles. The second-order valence-corrected chi connectivity index (χ2v) is 3.40. The molecule has 0 rings (SSSR count). The molecule has 0 aliphatic heterocycles. The van der Waals surface area contributed by atoms with Crippen molar-refractivity contribution in [2.24, 2.45) is 0 Å². The average Bonchev–Trinajstić information content (AvgIpc) is 2.01. The van der Waals surface area contributed by atoms with Gasteiger partial charge in [-0.3, -0.25) is 0 Å². The van der Waals surface area contributed by atoms with Crippen molar-refractivity contribution in [3.63, 3.8) is 0 Å². The molecule has 0 spiro atoms. The molecule has 0 aromatic carbocycles. The van der Waals surface area contributed by atoms with Crippen LogP contribution >= 0.6 is 11.8 Å². The Hall–Kier alpha value is -0.450. The van der Waals surface area contributed by atoms with Crippen molar-refractivity contribution in [2.45, 2.75) is 12.8 Å². The lowest BCUT2D eigenvalue weighted by Crippen LogP contribution is -1.80. The summed E-state index contributed by atoms with van der Waals surface area (Å²) in [7, 11) is 0. The van der Waals surface area contributed by atoms with Crippen LogP contribution in [0, 0.1) is 0 Å². The number of allylic oxidation sites excluding steroid dienone is 2. The molecule has 0 saturated heterocycles. The van der Waals surface area contributed by atoms with Gasteiger partial charge in [0.1, 0.15) is 0 Å². The minimum atomic E-state index is -1.68. The molecule has 0 amide bonds. The second kappa shape index (κ2) is 8.16. The van der Waals surface area contributed by atoms with Crippen LogP contribution in [0.15, 0.2) is 24.3 Å². The van der Waals surface area contributed by atoms with Crippen molar-refractivity contribution < 1.29 is 17.6 Å². The molecule has 5 heteroatoms. The van der Waals surface area contributed by atoms with Crippen LogP contribution in [0.2, 0.25) is 0 Å². The van der Waals surface area contributed by atoms with Gasteiger partial charge in [-0.15, -0.1) is 0 Å². The normalized spacial score (nSPS) is 9.54. The Kier molecular flexibility index (Phi) is 7.88. The van der Waals surface area contributed by atoms with E-state index in [9.17, 15) is 17.6 Å². The highest BCUT2D eigenvalue weighted by molar-refractivity contribution is 7.99. The fourth-order valence-corrected chi connectivity index (χ4v) is 1.38. The molecule has 0 atom stereocenters. The van der Waals surface area contributed by atoms with Gasteiger partial charge in [0.15, 0.2) is 0 Å². The Morgan fingerprint density at radius 2 is 1.23 bits per heavy atom. The standard InChI is InChI=1S/C8H10F4S/c9-7(10)3-1-5-13-6-2-4-8(11)12/h3-4H,1-2,5-6H2. The second-order valence-electron chi connectivity index (χ2n) is 2.18. The minimum absolute atomic E-state index is 0.287. The van der Waals surface area contributed by atoms with E-state index in [2.05, 4.69) is 0 Å². The molecule has 0 aliphatic rings. The van der Waals surface area contributed by atoms with E-state index in [1.54, 1.807) is 0 Å². The molecule has 0 aliphatic carbocycles. The molecular weight excluding hydrogens is 204 g/mol. The monoisotopic (exact) mass is 214 g/mol. The zero-order valence-electron chi connectivity index (χ0n) is 6.90. The number of halogens is 4. The van der Waals surface area contributed by atoms with Crippen LogP contribution in [0.4, 0.5) is 17.6 Å². The molecule has 0 aromatic rings. The summed E-state index contributed by atoms with van der Waals surface area (Å²) in [6.45, 7) is 0. The molecule has 0 bridgehead atoms. The highest BCUT2D eigenvalue weighted by Gasteiger charge is 1.91. The first-order chi connectivity index (χ1) is 6.13. The van der Waals surface area contributed by atoms with Crippen molar-refractivity contribution in [2.75, 3.05) is 11.5 Å². The zero-order chi connectivity index (χ0) is 10.1. The lowest BCUT2D eigenvalue weighted by atomic mass is 10.5. The van der Waals surface area contributed by atoms with Gasteiger partial charge in [-0.05, 0) is 36.5 Å². The molecule has 0 unspecified atom stereocenters. The molecule has 0 fully saturated rings. The van der Waals surface area contributed by atoms with Crippen molar-refractivity contribution in [1.82, 2.24) is 0 Å². The number of hydrogen-bond donors (Lipinski definition) is 0. The molecule has 76 valence electrons. The SMILES string of the molecule is FC(F)=CCCSCCC=C(F)F. The first-order valence-electron chi connectivity index (χ1n) is 3.73. The molecule has 0 radical (unpaired) electrons. The van der Waals surface area contributed by atoms with Gasteiger partial charge in [0.05, 0.1) is 0 Å². The summed E-state index contributed by atoms with van der Waals surface area (Å²) in [6, 6.07) is 0. The first kappa shape index (κ1) is 12.6. The van der Waals surface area contributed by atoms with Crippen molar-refractivity contribution in [3.05, 3.63) is 24.3 Å². The van der Waals surface area contributed by atoms with Gasteiger partial charge < -0.3 is 0 Å². The minimum Gasteiger partial charge on any atom is -0.174 e. The van der Waals surface area contributed by atoms with Crippen LogP contribution in [-0.2, 0) is 0 Å². The van der Waals surface area contributed by atoms with Gasteiger partial charge in [-0.2, -0.15) is 29.3 Å². The molecule has 0 heterocycles. The van der Waals surface area contributed by atoms with Crippen LogP contribution in [0.3, 0.4) is 0 Å². The maximum Gasteiger partial charge on any atom is 0.266 e. The Balaban J connectivity index is 3.18. The smallest absolute Gasteiger partial charge is 0.174 e. The van der Waals surface area contributed by atoms with E-state index in [-0.39, 0.29) is 12.8 Å². The van der Waals surface area contributed by atoms with Gasteiger partial charge >= 0.3 is 0 Å². The predicted octanol–water partition coefficient (Wildman–Crippen LogP) is 4.06. The third-order valence-electron chi connectivity index (χ3n) is 1.12. The first-order valence-corrected chi connectivity index (χ1v) is 4.88. The largest absolute Gasteiger partial charge is 0.266 e. The molecular formula is C8H10F4S. The van der Waals surface area contributed by atoms with E-state index < -0.39 is 12.2 Å². The van der Waals surface area contributed by atoms with Crippen molar-refractivity contribution in [3.8, 4) is 0 Å². The lowest BCUT2D eigenvalue weighted by molar-refractivity contribution is 0.417. The highest BCUT2D eigenvalue weighted by atomic mass is 32.2. The zero-order valence-corrected chi connectivity index (χ0v) is 7.72. The molecule has 0 N–H and O–H groups in total. The number of rotatable bonds is 6. The van der Waals surface area contributed by atoms with Crippen molar-refractivity contribution in [1.29, 1.82) is 0 Å². The van der Waals surface area contributed by atoms with Crippen LogP contribution in [0.1, 0.15) is 12.8 Å². The quantitative estimate of drug-likeness (QED) is 0.474. The third-order valence-corrected chi connectivity index (χ3v) is 2.17. The van der Waals surface area contributed by atoms with Crippen LogP contribution in [-0.4, -0.2) is 11.5 Å². The van der Waals surface area contributed by atoms with Gasteiger partial charge in [0.2, 0.25) is 0 Å².